The number of pyridine rings is 1. The summed E-state index contributed by atoms with van der Waals surface area (Å²) in [5.74, 6) is -1.12. The van der Waals surface area contributed by atoms with E-state index in [1.54, 1.807) is 6.07 Å². The van der Waals surface area contributed by atoms with Crippen LogP contribution < -0.4 is 0 Å². The third-order valence-corrected chi connectivity index (χ3v) is 6.07. The Balaban J connectivity index is 1.80. The van der Waals surface area contributed by atoms with Crippen molar-refractivity contribution < 1.29 is 9.90 Å². The highest BCUT2D eigenvalue weighted by Crippen LogP contribution is 2.35. The summed E-state index contributed by atoms with van der Waals surface area (Å²) in [5.41, 5.74) is 2.75. The zero-order valence-corrected chi connectivity index (χ0v) is 16.7. The Labute approximate surface area is 173 Å². The van der Waals surface area contributed by atoms with E-state index in [9.17, 15) is 9.90 Å². The van der Waals surface area contributed by atoms with Crippen molar-refractivity contribution in [2.24, 2.45) is 5.92 Å². The van der Waals surface area contributed by atoms with E-state index >= 15 is 0 Å². The summed E-state index contributed by atoms with van der Waals surface area (Å²) in [6.45, 7) is 1.29. The molecule has 0 bridgehead atoms. The molecule has 0 radical (unpaired) electrons. The smallest absolute Gasteiger partial charge is 0.307 e. The lowest BCUT2D eigenvalue weighted by atomic mass is 9.93. The minimum absolute atomic E-state index is 0.179. The minimum Gasteiger partial charge on any atom is -0.481 e. The van der Waals surface area contributed by atoms with Crippen LogP contribution in [-0.2, 0) is 4.79 Å². The second-order valence-corrected chi connectivity index (χ2v) is 7.99. The quantitative estimate of drug-likeness (QED) is 0.618. The van der Waals surface area contributed by atoms with Crippen molar-refractivity contribution in [1.29, 1.82) is 0 Å². The molecule has 1 saturated heterocycles. The van der Waals surface area contributed by atoms with Crippen LogP contribution in [0.4, 0.5) is 0 Å². The maximum Gasteiger partial charge on any atom is 0.307 e. The molecule has 1 aliphatic heterocycles. The Morgan fingerprint density at radius 1 is 1.11 bits per heavy atom. The Kier molecular flexibility index (Phi) is 5.54. The van der Waals surface area contributed by atoms with Crippen molar-refractivity contribution in [3.05, 3.63) is 75.9 Å². The highest BCUT2D eigenvalue weighted by molar-refractivity contribution is 6.42. The van der Waals surface area contributed by atoms with Crippen LogP contribution in [0.5, 0.6) is 0 Å². The fourth-order valence-corrected chi connectivity index (χ4v) is 4.23. The van der Waals surface area contributed by atoms with Crippen LogP contribution in [0.15, 0.2) is 54.6 Å². The zero-order valence-electron chi connectivity index (χ0n) is 15.2. The zero-order chi connectivity index (χ0) is 19.7. The molecule has 1 aliphatic rings. The fraction of sp³-hybridized carbons (Fsp3) is 0.273. The molecule has 1 N–H and O–H groups in total. The molecule has 2 heterocycles. The molecule has 2 aromatic carbocycles. The van der Waals surface area contributed by atoms with Gasteiger partial charge >= 0.3 is 5.97 Å². The molecule has 6 heteroatoms. The first-order chi connectivity index (χ1) is 13.5. The molecule has 1 aromatic heterocycles. The average Bonchev–Trinajstić information content (AvgIpc) is 2.71. The maximum atomic E-state index is 11.6. The van der Waals surface area contributed by atoms with Gasteiger partial charge in [-0.3, -0.25) is 14.7 Å². The van der Waals surface area contributed by atoms with Crippen LogP contribution >= 0.6 is 23.2 Å². The van der Waals surface area contributed by atoms with Crippen molar-refractivity contribution in [3.63, 3.8) is 0 Å². The van der Waals surface area contributed by atoms with Crippen LogP contribution in [-0.4, -0.2) is 34.0 Å². The molecular weight excluding hydrogens is 395 g/mol. The normalized spacial score (nSPS) is 18.9. The molecule has 0 aliphatic carbocycles. The number of piperidine rings is 1. The van der Waals surface area contributed by atoms with E-state index in [1.807, 2.05) is 42.5 Å². The first kappa shape index (κ1) is 19.2. The maximum absolute atomic E-state index is 11.6. The number of nitrogens with zero attached hydrogens (tertiary/aromatic N) is 2. The summed E-state index contributed by atoms with van der Waals surface area (Å²) in [6, 6.07) is 17.4. The van der Waals surface area contributed by atoms with E-state index in [0.29, 0.717) is 23.0 Å². The molecule has 2 unspecified atom stereocenters. The van der Waals surface area contributed by atoms with Gasteiger partial charge in [-0.25, -0.2) is 0 Å². The molecular formula is C22H20Cl2N2O2. The molecule has 144 valence electrons. The van der Waals surface area contributed by atoms with Gasteiger partial charge in [0.2, 0.25) is 0 Å². The number of carboxylic acids is 1. The van der Waals surface area contributed by atoms with Crippen LogP contribution in [0.1, 0.15) is 30.1 Å². The number of aliphatic carboxylic acids is 1. The molecule has 28 heavy (non-hydrogen) atoms. The van der Waals surface area contributed by atoms with Gasteiger partial charge in [-0.15, -0.1) is 0 Å². The van der Waals surface area contributed by atoms with Crippen LogP contribution in [0, 0.1) is 5.92 Å². The van der Waals surface area contributed by atoms with Gasteiger partial charge in [-0.2, -0.15) is 0 Å². The number of carbonyl (C=O) groups is 1. The second kappa shape index (κ2) is 8.08. The number of para-hydroxylation sites is 1. The van der Waals surface area contributed by atoms with Crippen molar-refractivity contribution in [2.45, 2.75) is 18.9 Å². The lowest BCUT2D eigenvalue weighted by Crippen LogP contribution is -2.41. The molecule has 0 amide bonds. The first-order valence-corrected chi connectivity index (χ1v) is 10.1. The number of benzene rings is 2. The highest BCUT2D eigenvalue weighted by atomic mass is 35.5. The Morgan fingerprint density at radius 2 is 1.93 bits per heavy atom. The summed E-state index contributed by atoms with van der Waals surface area (Å²) in [7, 11) is 0. The molecule has 4 rings (SSSR count). The molecule has 4 nitrogen and oxygen atoms in total. The number of hydrogen-bond acceptors (Lipinski definition) is 3. The molecule has 2 atom stereocenters. The van der Waals surface area contributed by atoms with Crippen LogP contribution in [0.25, 0.3) is 10.9 Å². The van der Waals surface area contributed by atoms with Gasteiger partial charge in [0, 0.05) is 11.9 Å². The van der Waals surface area contributed by atoms with Crippen molar-refractivity contribution in [1.82, 2.24) is 9.88 Å². The van der Waals surface area contributed by atoms with E-state index in [0.717, 1.165) is 35.1 Å². The Hall–Kier alpha value is -2.14. The predicted molar refractivity (Wildman–Crippen MR) is 112 cm³/mol. The van der Waals surface area contributed by atoms with E-state index in [4.69, 9.17) is 28.2 Å². The van der Waals surface area contributed by atoms with Gasteiger partial charge in [0.15, 0.2) is 0 Å². The highest BCUT2D eigenvalue weighted by Gasteiger charge is 2.32. The standard InChI is InChI=1S/C22H20Cl2N2O2/c23-17-9-7-15(12-18(17)24)21(26-11-3-5-16(13-26)22(27)28)20-10-8-14-4-1-2-6-19(14)25-20/h1-2,4,6-10,12,16,21H,3,5,11,13H2,(H,27,28). The SMILES string of the molecule is O=C(O)C1CCCN(C(c2ccc(Cl)c(Cl)c2)c2ccc3ccccc3n2)C1. The lowest BCUT2D eigenvalue weighted by molar-refractivity contribution is -0.143. The summed E-state index contributed by atoms with van der Waals surface area (Å²) in [6.07, 6.45) is 1.54. The summed E-state index contributed by atoms with van der Waals surface area (Å²) < 4.78 is 0. The van der Waals surface area contributed by atoms with E-state index in [2.05, 4.69) is 11.0 Å². The lowest BCUT2D eigenvalue weighted by Gasteiger charge is -2.37. The number of halogens is 2. The molecule has 3 aromatic rings. The Morgan fingerprint density at radius 3 is 2.71 bits per heavy atom. The molecule has 0 saturated carbocycles. The van der Waals surface area contributed by atoms with E-state index < -0.39 is 5.97 Å². The first-order valence-electron chi connectivity index (χ1n) is 9.30. The number of likely N-dealkylation sites (tertiary alicyclic amines) is 1. The minimum atomic E-state index is -0.746. The summed E-state index contributed by atoms with van der Waals surface area (Å²) in [5, 5.41) is 11.6. The third-order valence-electron chi connectivity index (χ3n) is 5.33. The van der Waals surface area contributed by atoms with Gasteiger partial charge < -0.3 is 5.11 Å². The number of aromatic nitrogens is 1. The van der Waals surface area contributed by atoms with E-state index in [-0.39, 0.29) is 12.0 Å². The topological polar surface area (TPSA) is 53.4 Å². The third kappa shape index (κ3) is 3.86. The average molecular weight is 415 g/mol. The largest absolute Gasteiger partial charge is 0.481 e. The number of fused-ring (bicyclic) bond motifs is 1. The fourth-order valence-electron chi connectivity index (χ4n) is 3.93. The van der Waals surface area contributed by atoms with Crippen LogP contribution in [0.3, 0.4) is 0 Å². The van der Waals surface area contributed by atoms with Gasteiger partial charge in [0.05, 0.1) is 33.2 Å². The number of rotatable bonds is 4. The molecule has 0 spiro atoms. The molecule has 1 fully saturated rings. The monoisotopic (exact) mass is 414 g/mol. The number of hydrogen-bond donors (Lipinski definition) is 1. The Bertz CT molecular complexity index is 1020. The van der Waals surface area contributed by atoms with Crippen molar-refractivity contribution >= 4 is 40.1 Å². The van der Waals surface area contributed by atoms with Gasteiger partial charge in [0.25, 0.3) is 0 Å². The summed E-state index contributed by atoms with van der Waals surface area (Å²) in [4.78, 5) is 18.7. The van der Waals surface area contributed by atoms with Gasteiger partial charge in [0.1, 0.15) is 0 Å². The van der Waals surface area contributed by atoms with Crippen LogP contribution in [0.2, 0.25) is 10.0 Å². The summed E-state index contributed by atoms with van der Waals surface area (Å²) >= 11 is 12.4. The van der Waals surface area contributed by atoms with Crippen molar-refractivity contribution in [3.8, 4) is 0 Å². The second-order valence-electron chi connectivity index (χ2n) is 7.18. The van der Waals surface area contributed by atoms with Gasteiger partial charge in [-0.05, 0) is 49.2 Å². The van der Waals surface area contributed by atoms with Crippen molar-refractivity contribution in [2.75, 3.05) is 13.1 Å². The number of carboxylic acid groups (broad SMARTS) is 1. The predicted octanol–water partition coefficient (Wildman–Crippen LogP) is 5.43. The van der Waals surface area contributed by atoms with Gasteiger partial charge in [-0.1, -0.05) is 53.5 Å². The van der Waals surface area contributed by atoms with E-state index in [1.165, 1.54) is 0 Å².